The SMILES string of the molecule is Cc1cc(C)cc(-c2ccnc3nc(CC(=O)O)nn23)c1. The molecule has 0 fully saturated rings. The van der Waals surface area contributed by atoms with E-state index in [4.69, 9.17) is 5.11 Å². The van der Waals surface area contributed by atoms with Crippen molar-refractivity contribution in [1.82, 2.24) is 19.6 Å². The molecule has 2 heterocycles. The summed E-state index contributed by atoms with van der Waals surface area (Å²) in [6.07, 6.45) is 1.44. The van der Waals surface area contributed by atoms with Crippen LogP contribution in [-0.2, 0) is 11.2 Å². The molecule has 0 saturated heterocycles. The molecule has 6 heteroatoms. The maximum atomic E-state index is 10.8. The van der Waals surface area contributed by atoms with Crippen LogP contribution in [0.2, 0.25) is 0 Å². The van der Waals surface area contributed by atoms with Crippen molar-refractivity contribution in [3.05, 3.63) is 47.4 Å². The van der Waals surface area contributed by atoms with Gasteiger partial charge in [-0.25, -0.2) is 4.98 Å². The lowest BCUT2D eigenvalue weighted by Gasteiger charge is -2.06. The lowest BCUT2D eigenvalue weighted by Crippen LogP contribution is -2.02. The van der Waals surface area contributed by atoms with Gasteiger partial charge >= 0.3 is 5.97 Å². The number of rotatable bonds is 3. The maximum absolute atomic E-state index is 10.8. The molecule has 6 nitrogen and oxygen atoms in total. The van der Waals surface area contributed by atoms with Crippen molar-refractivity contribution < 1.29 is 9.90 Å². The van der Waals surface area contributed by atoms with E-state index in [2.05, 4.69) is 33.3 Å². The van der Waals surface area contributed by atoms with Crippen molar-refractivity contribution in [3.63, 3.8) is 0 Å². The average molecular weight is 282 g/mol. The molecule has 1 N–H and O–H groups in total. The first kappa shape index (κ1) is 13.2. The van der Waals surface area contributed by atoms with Crippen LogP contribution in [0.15, 0.2) is 30.5 Å². The molecule has 2 aromatic heterocycles. The largest absolute Gasteiger partial charge is 0.481 e. The van der Waals surface area contributed by atoms with Crippen molar-refractivity contribution in [2.75, 3.05) is 0 Å². The Kier molecular flexibility index (Phi) is 3.13. The summed E-state index contributed by atoms with van der Waals surface area (Å²) in [5.74, 6) is -0.298. The predicted molar refractivity (Wildman–Crippen MR) is 77.0 cm³/mol. The normalized spacial score (nSPS) is 11.0. The molecule has 0 spiro atoms. The molecule has 1 aromatic carbocycles. The van der Waals surface area contributed by atoms with Crippen molar-refractivity contribution in [2.24, 2.45) is 0 Å². The zero-order chi connectivity index (χ0) is 15.0. The van der Waals surface area contributed by atoms with Crippen LogP contribution in [0.5, 0.6) is 0 Å². The number of hydrogen-bond donors (Lipinski definition) is 1. The molecule has 0 aliphatic rings. The second-order valence-electron chi connectivity index (χ2n) is 5.02. The van der Waals surface area contributed by atoms with Crippen molar-refractivity contribution in [3.8, 4) is 11.3 Å². The highest BCUT2D eigenvalue weighted by Crippen LogP contribution is 2.22. The lowest BCUT2D eigenvalue weighted by atomic mass is 10.1. The molecule has 106 valence electrons. The number of hydrogen-bond acceptors (Lipinski definition) is 4. The van der Waals surface area contributed by atoms with E-state index in [1.807, 2.05) is 19.9 Å². The van der Waals surface area contributed by atoms with Gasteiger partial charge in [0, 0.05) is 11.8 Å². The quantitative estimate of drug-likeness (QED) is 0.795. The average Bonchev–Trinajstić information content (AvgIpc) is 2.78. The first-order valence-electron chi connectivity index (χ1n) is 6.54. The minimum Gasteiger partial charge on any atom is -0.481 e. The van der Waals surface area contributed by atoms with E-state index >= 15 is 0 Å². The number of aryl methyl sites for hydroxylation is 2. The zero-order valence-corrected chi connectivity index (χ0v) is 11.7. The second-order valence-corrected chi connectivity index (χ2v) is 5.02. The highest BCUT2D eigenvalue weighted by molar-refractivity contribution is 5.69. The van der Waals surface area contributed by atoms with Crippen LogP contribution in [0.4, 0.5) is 0 Å². The van der Waals surface area contributed by atoms with Gasteiger partial charge in [0.2, 0.25) is 0 Å². The van der Waals surface area contributed by atoms with Gasteiger partial charge in [0.15, 0.2) is 5.82 Å². The van der Waals surface area contributed by atoms with E-state index in [0.29, 0.717) is 5.78 Å². The van der Waals surface area contributed by atoms with Gasteiger partial charge in [-0.15, -0.1) is 5.10 Å². The highest BCUT2D eigenvalue weighted by atomic mass is 16.4. The van der Waals surface area contributed by atoms with Gasteiger partial charge in [-0.3, -0.25) is 4.79 Å². The van der Waals surface area contributed by atoms with Gasteiger partial charge in [-0.2, -0.15) is 9.50 Å². The monoisotopic (exact) mass is 282 g/mol. The first-order chi connectivity index (χ1) is 10.0. The van der Waals surface area contributed by atoms with E-state index in [9.17, 15) is 4.79 Å². The van der Waals surface area contributed by atoms with E-state index in [-0.39, 0.29) is 12.2 Å². The van der Waals surface area contributed by atoms with Crippen LogP contribution in [0, 0.1) is 13.8 Å². The molecule has 0 unspecified atom stereocenters. The molecule has 0 aliphatic heterocycles. The van der Waals surface area contributed by atoms with E-state index < -0.39 is 5.97 Å². The fourth-order valence-electron chi connectivity index (χ4n) is 2.39. The van der Waals surface area contributed by atoms with E-state index in [0.717, 1.165) is 22.4 Å². The Morgan fingerprint density at radius 2 is 1.95 bits per heavy atom. The summed E-state index contributed by atoms with van der Waals surface area (Å²) >= 11 is 0. The number of benzene rings is 1. The van der Waals surface area contributed by atoms with Crippen LogP contribution in [-0.4, -0.2) is 30.7 Å². The molecular formula is C15H14N4O2. The Balaban J connectivity index is 2.17. The van der Waals surface area contributed by atoms with Crippen LogP contribution in [0.3, 0.4) is 0 Å². The molecule has 3 aromatic rings. The standard InChI is InChI=1S/C15H14N4O2/c1-9-5-10(2)7-11(6-9)12-3-4-16-15-17-13(8-14(20)21)18-19(12)15/h3-7H,8H2,1-2H3,(H,20,21). The predicted octanol–water partition coefficient (Wildman–Crippen LogP) is 2.04. The maximum Gasteiger partial charge on any atom is 0.311 e. The Labute approximate surface area is 121 Å². The molecule has 0 amide bonds. The fourth-order valence-corrected chi connectivity index (χ4v) is 2.39. The third-order valence-corrected chi connectivity index (χ3v) is 3.11. The number of nitrogens with zero attached hydrogens (tertiary/aromatic N) is 4. The van der Waals surface area contributed by atoms with Gasteiger partial charge < -0.3 is 5.11 Å². The smallest absolute Gasteiger partial charge is 0.311 e. The number of aliphatic carboxylic acids is 1. The van der Waals surface area contributed by atoms with Gasteiger partial charge in [-0.1, -0.05) is 17.2 Å². The number of carboxylic acid groups (broad SMARTS) is 1. The third-order valence-electron chi connectivity index (χ3n) is 3.11. The topological polar surface area (TPSA) is 80.4 Å². The minimum atomic E-state index is -0.959. The minimum absolute atomic E-state index is 0.213. The lowest BCUT2D eigenvalue weighted by molar-refractivity contribution is -0.136. The first-order valence-corrected chi connectivity index (χ1v) is 6.54. The van der Waals surface area contributed by atoms with E-state index in [1.165, 1.54) is 0 Å². The zero-order valence-electron chi connectivity index (χ0n) is 11.7. The molecule has 0 aliphatic carbocycles. The van der Waals surface area contributed by atoms with E-state index in [1.54, 1.807) is 10.7 Å². The molecule has 0 saturated carbocycles. The number of carboxylic acids is 1. The molecule has 0 bridgehead atoms. The Hall–Kier alpha value is -2.76. The molecule has 3 rings (SSSR count). The summed E-state index contributed by atoms with van der Waals surface area (Å²) in [5.41, 5.74) is 4.16. The number of fused-ring (bicyclic) bond motifs is 1. The second kappa shape index (κ2) is 4.97. The van der Waals surface area contributed by atoms with Crippen LogP contribution in [0.25, 0.3) is 17.0 Å². The summed E-state index contributed by atoms with van der Waals surface area (Å²) < 4.78 is 1.59. The molecular weight excluding hydrogens is 268 g/mol. The molecule has 0 atom stereocenters. The summed E-state index contributed by atoms with van der Waals surface area (Å²) in [6.45, 7) is 4.07. The van der Waals surface area contributed by atoms with Gasteiger partial charge in [-0.05, 0) is 32.0 Å². The van der Waals surface area contributed by atoms with Crippen molar-refractivity contribution >= 4 is 11.7 Å². The van der Waals surface area contributed by atoms with Crippen LogP contribution >= 0.6 is 0 Å². The van der Waals surface area contributed by atoms with Crippen molar-refractivity contribution in [2.45, 2.75) is 20.3 Å². The number of carbonyl (C=O) groups is 1. The Morgan fingerprint density at radius 3 is 2.62 bits per heavy atom. The molecule has 0 radical (unpaired) electrons. The Morgan fingerprint density at radius 1 is 1.24 bits per heavy atom. The number of aromatic nitrogens is 4. The molecule has 21 heavy (non-hydrogen) atoms. The van der Waals surface area contributed by atoms with Gasteiger partial charge in [0.05, 0.1) is 5.69 Å². The van der Waals surface area contributed by atoms with Gasteiger partial charge in [0.1, 0.15) is 6.42 Å². The summed E-state index contributed by atoms with van der Waals surface area (Å²) in [4.78, 5) is 19.1. The highest BCUT2D eigenvalue weighted by Gasteiger charge is 2.12. The third kappa shape index (κ3) is 2.60. The van der Waals surface area contributed by atoms with Gasteiger partial charge in [0.25, 0.3) is 5.78 Å². The van der Waals surface area contributed by atoms with Crippen molar-refractivity contribution in [1.29, 1.82) is 0 Å². The fraction of sp³-hybridized carbons (Fsp3) is 0.200. The summed E-state index contributed by atoms with van der Waals surface area (Å²) in [5, 5.41) is 13.1. The van der Waals surface area contributed by atoms with Crippen LogP contribution in [0.1, 0.15) is 17.0 Å². The van der Waals surface area contributed by atoms with Crippen LogP contribution < -0.4 is 0 Å². The Bertz CT molecular complexity index is 819. The summed E-state index contributed by atoms with van der Waals surface area (Å²) in [7, 11) is 0. The summed E-state index contributed by atoms with van der Waals surface area (Å²) in [6, 6.07) is 8.06.